The normalized spacial score (nSPS) is 12.4. The number of nitrogens with one attached hydrogen (secondary N) is 1. The minimum atomic E-state index is 0.682. The van der Waals surface area contributed by atoms with Crippen molar-refractivity contribution < 1.29 is 4.74 Å². The van der Waals surface area contributed by atoms with Crippen LogP contribution in [-0.4, -0.2) is 13.2 Å². The molecule has 0 saturated carbocycles. The highest BCUT2D eigenvalue weighted by Gasteiger charge is 2.11. The Balaban J connectivity index is 2.64. The lowest BCUT2D eigenvalue weighted by Crippen LogP contribution is -2.16. The maximum absolute atomic E-state index is 6.18. The van der Waals surface area contributed by atoms with Crippen LogP contribution in [0.4, 0.5) is 0 Å². The lowest BCUT2D eigenvalue weighted by Gasteiger charge is -2.19. The van der Waals surface area contributed by atoms with Crippen LogP contribution in [0.15, 0.2) is 18.2 Å². The molecule has 0 spiro atoms. The Morgan fingerprint density at radius 2 is 2.00 bits per heavy atom. The molecule has 20 heavy (non-hydrogen) atoms. The zero-order valence-electron chi connectivity index (χ0n) is 13.7. The first kappa shape index (κ1) is 17.0. The minimum Gasteiger partial charge on any atom is -0.493 e. The van der Waals surface area contributed by atoms with E-state index in [-0.39, 0.29) is 0 Å². The first-order chi connectivity index (χ1) is 9.72. The number of aryl methyl sites for hydroxylation is 1. The Morgan fingerprint density at radius 3 is 2.65 bits per heavy atom. The Labute approximate surface area is 124 Å². The lowest BCUT2D eigenvalue weighted by atomic mass is 10.0. The molecule has 2 heteroatoms. The maximum atomic E-state index is 6.18. The summed E-state index contributed by atoms with van der Waals surface area (Å²) in [6.07, 6.45) is 5.06. The number of para-hydroxylation sites is 1. The van der Waals surface area contributed by atoms with Crippen molar-refractivity contribution in [1.82, 2.24) is 5.32 Å². The van der Waals surface area contributed by atoms with Crippen LogP contribution < -0.4 is 10.1 Å². The number of hydrogen-bond donors (Lipinski definition) is 1. The summed E-state index contributed by atoms with van der Waals surface area (Å²) < 4.78 is 6.18. The summed E-state index contributed by atoms with van der Waals surface area (Å²) in [5.41, 5.74) is 2.52. The highest BCUT2D eigenvalue weighted by molar-refractivity contribution is 5.40. The second-order valence-electron chi connectivity index (χ2n) is 5.57. The first-order valence-corrected chi connectivity index (χ1v) is 8.14. The van der Waals surface area contributed by atoms with Crippen LogP contribution in [0, 0.1) is 12.8 Å². The van der Waals surface area contributed by atoms with Crippen LogP contribution in [0.2, 0.25) is 0 Å². The molecule has 0 aliphatic heterocycles. The third kappa shape index (κ3) is 5.54. The number of ether oxygens (including phenoxy) is 1. The molecule has 0 aliphatic carbocycles. The standard InChI is InChI=1S/C18H31NO/c1-5-8-11-16(6-2)14-20-18-15(4)10-9-12-17(18)13-19-7-3/h9-10,12,16,19H,5-8,11,13-14H2,1-4H3. The molecule has 0 aliphatic rings. The Hall–Kier alpha value is -1.02. The van der Waals surface area contributed by atoms with Gasteiger partial charge in [-0.05, 0) is 31.4 Å². The number of hydrogen-bond acceptors (Lipinski definition) is 2. The largest absolute Gasteiger partial charge is 0.493 e. The van der Waals surface area contributed by atoms with Gasteiger partial charge in [-0.25, -0.2) is 0 Å². The summed E-state index contributed by atoms with van der Waals surface area (Å²) in [5, 5.41) is 3.39. The SMILES string of the molecule is CCCCC(CC)COc1c(C)cccc1CNCC. The Bertz CT molecular complexity index is 376. The average molecular weight is 277 g/mol. The van der Waals surface area contributed by atoms with E-state index >= 15 is 0 Å². The van der Waals surface area contributed by atoms with Crippen molar-refractivity contribution in [1.29, 1.82) is 0 Å². The van der Waals surface area contributed by atoms with E-state index < -0.39 is 0 Å². The molecule has 0 bridgehead atoms. The van der Waals surface area contributed by atoms with Crippen molar-refractivity contribution in [3.8, 4) is 5.75 Å². The van der Waals surface area contributed by atoms with Crippen molar-refractivity contribution in [2.45, 2.75) is 59.9 Å². The van der Waals surface area contributed by atoms with E-state index in [1.165, 1.54) is 36.8 Å². The summed E-state index contributed by atoms with van der Waals surface area (Å²) in [6, 6.07) is 6.42. The number of benzene rings is 1. The van der Waals surface area contributed by atoms with Crippen molar-refractivity contribution in [3.05, 3.63) is 29.3 Å². The molecule has 1 rings (SSSR count). The zero-order valence-corrected chi connectivity index (χ0v) is 13.7. The van der Waals surface area contributed by atoms with E-state index in [1.807, 2.05) is 0 Å². The van der Waals surface area contributed by atoms with E-state index in [1.54, 1.807) is 0 Å². The second kappa shape index (κ2) is 9.82. The predicted octanol–water partition coefficient (Wildman–Crippen LogP) is 4.70. The van der Waals surface area contributed by atoms with Gasteiger partial charge < -0.3 is 10.1 Å². The van der Waals surface area contributed by atoms with Crippen molar-refractivity contribution in [2.24, 2.45) is 5.92 Å². The summed E-state index contributed by atoms with van der Waals surface area (Å²) in [6.45, 7) is 11.5. The predicted molar refractivity (Wildman–Crippen MR) is 87.4 cm³/mol. The van der Waals surface area contributed by atoms with Crippen LogP contribution in [0.25, 0.3) is 0 Å². The molecule has 1 atom stereocenters. The minimum absolute atomic E-state index is 0.682. The van der Waals surface area contributed by atoms with Gasteiger partial charge in [0.1, 0.15) is 5.75 Å². The Morgan fingerprint density at radius 1 is 1.20 bits per heavy atom. The molecule has 0 saturated heterocycles. The van der Waals surface area contributed by atoms with Gasteiger partial charge in [-0.3, -0.25) is 0 Å². The summed E-state index contributed by atoms with van der Waals surface area (Å²) in [4.78, 5) is 0. The topological polar surface area (TPSA) is 21.3 Å². The molecular formula is C18H31NO. The molecule has 1 unspecified atom stereocenters. The number of unbranched alkanes of at least 4 members (excludes halogenated alkanes) is 1. The maximum Gasteiger partial charge on any atom is 0.126 e. The third-order valence-corrected chi connectivity index (χ3v) is 3.87. The van der Waals surface area contributed by atoms with Gasteiger partial charge in [0.2, 0.25) is 0 Å². The molecular weight excluding hydrogens is 246 g/mol. The molecule has 0 fully saturated rings. The van der Waals surface area contributed by atoms with Gasteiger partial charge in [-0.2, -0.15) is 0 Å². The van der Waals surface area contributed by atoms with E-state index in [9.17, 15) is 0 Å². The quantitative estimate of drug-likeness (QED) is 0.669. The van der Waals surface area contributed by atoms with Gasteiger partial charge in [0.15, 0.2) is 0 Å². The van der Waals surface area contributed by atoms with Crippen LogP contribution in [0.3, 0.4) is 0 Å². The van der Waals surface area contributed by atoms with E-state index in [0.29, 0.717) is 5.92 Å². The van der Waals surface area contributed by atoms with Gasteiger partial charge in [0.05, 0.1) is 6.61 Å². The fourth-order valence-corrected chi connectivity index (χ4v) is 2.42. The van der Waals surface area contributed by atoms with Crippen LogP contribution in [-0.2, 0) is 6.54 Å². The monoisotopic (exact) mass is 277 g/mol. The van der Waals surface area contributed by atoms with Crippen molar-refractivity contribution in [2.75, 3.05) is 13.2 Å². The smallest absolute Gasteiger partial charge is 0.126 e. The lowest BCUT2D eigenvalue weighted by molar-refractivity contribution is 0.230. The summed E-state index contributed by atoms with van der Waals surface area (Å²) in [5.74, 6) is 1.77. The summed E-state index contributed by atoms with van der Waals surface area (Å²) >= 11 is 0. The second-order valence-corrected chi connectivity index (χ2v) is 5.57. The zero-order chi connectivity index (χ0) is 14.8. The van der Waals surface area contributed by atoms with Gasteiger partial charge in [-0.15, -0.1) is 0 Å². The highest BCUT2D eigenvalue weighted by atomic mass is 16.5. The molecule has 0 aromatic heterocycles. The van der Waals surface area contributed by atoms with Gasteiger partial charge in [0, 0.05) is 12.1 Å². The highest BCUT2D eigenvalue weighted by Crippen LogP contribution is 2.25. The van der Waals surface area contributed by atoms with E-state index in [2.05, 4.69) is 51.2 Å². The van der Waals surface area contributed by atoms with Crippen LogP contribution >= 0.6 is 0 Å². The molecule has 0 radical (unpaired) electrons. The first-order valence-electron chi connectivity index (χ1n) is 8.14. The summed E-state index contributed by atoms with van der Waals surface area (Å²) in [7, 11) is 0. The fourth-order valence-electron chi connectivity index (χ4n) is 2.42. The third-order valence-electron chi connectivity index (χ3n) is 3.87. The van der Waals surface area contributed by atoms with Crippen molar-refractivity contribution >= 4 is 0 Å². The molecule has 1 N–H and O–H groups in total. The molecule has 0 amide bonds. The molecule has 114 valence electrons. The average Bonchev–Trinajstić information content (AvgIpc) is 2.47. The molecule has 2 nitrogen and oxygen atoms in total. The molecule has 1 aromatic carbocycles. The molecule has 1 aromatic rings. The van der Waals surface area contributed by atoms with Crippen LogP contribution in [0.5, 0.6) is 5.75 Å². The van der Waals surface area contributed by atoms with Gasteiger partial charge in [0.25, 0.3) is 0 Å². The number of rotatable bonds is 10. The molecule has 0 heterocycles. The van der Waals surface area contributed by atoms with Crippen LogP contribution in [0.1, 0.15) is 57.6 Å². The fraction of sp³-hybridized carbons (Fsp3) is 0.667. The van der Waals surface area contributed by atoms with Gasteiger partial charge in [-0.1, -0.05) is 58.2 Å². The Kier molecular flexibility index (Phi) is 8.36. The van der Waals surface area contributed by atoms with E-state index in [0.717, 1.165) is 25.4 Å². The van der Waals surface area contributed by atoms with Crippen molar-refractivity contribution in [3.63, 3.8) is 0 Å². The van der Waals surface area contributed by atoms with Gasteiger partial charge >= 0.3 is 0 Å². The van der Waals surface area contributed by atoms with E-state index in [4.69, 9.17) is 4.74 Å².